The third-order valence-electron chi connectivity index (χ3n) is 5.87. The Morgan fingerprint density at radius 1 is 1.03 bits per heavy atom. The van der Waals surface area contributed by atoms with Gasteiger partial charge in [-0.3, -0.25) is 19.3 Å². The molecule has 35 heavy (non-hydrogen) atoms. The number of nitrogens with zero attached hydrogens (tertiary/aromatic N) is 1. The lowest BCUT2D eigenvalue weighted by Gasteiger charge is -2.35. The molecular formula is C26H19Cl2N3O4. The average Bonchev–Trinajstić information content (AvgIpc) is 3.18. The molecule has 1 unspecified atom stereocenters. The lowest BCUT2D eigenvalue weighted by Crippen LogP contribution is -2.52. The standard InChI is InChI=1S/C26H19Cl2N3O4/c1-14-16-6-2-5-9-22(16)35-24(14)26(34)31-20-8-4-3-7-19(20)30-25(33)21(31)13-23(32)29-15-10-11-17(27)18(28)12-15/h2-12,21H,13H2,1H3,(H,29,32)(H,30,33). The number of anilines is 3. The molecule has 0 spiro atoms. The van der Waals surface area contributed by atoms with Gasteiger partial charge in [0.2, 0.25) is 11.8 Å². The Kier molecular flexibility index (Phi) is 5.96. The highest BCUT2D eigenvalue weighted by Crippen LogP contribution is 2.36. The monoisotopic (exact) mass is 507 g/mol. The molecule has 5 rings (SSSR count). The number of hydrogen-bond acceptors (Lipinski definition) is 4. The molecule has 0 fully saturated rings. The number of rotatable bonds is 4. The topological polar surface area (TPSA) is 91.7 Å². The third-order valence-corrected chi connectivity index (χ3v) is 6.61. The molecule has 176 valence electrons. The van der Waals surface area contributed by atoms with Crippen molar-refractivity contribution in [2.45, 2.75) is 19.4 Å². The van der Waals surface area contributed by atoms with Gasteiger partial charge in [0.25, 0.3) is 5.91 Å². The second-order valence-corrected chi connectivity index (χ2v) is 8.95. The van der Waals surface area contributed by atoms with Gasteiger partial charge in [-0.05, 0) is 43.3 Å². The van der Waals surface area contributed by atoms with E-state index in [2.05, 4.69) is 10.6 Å². The van der Waals surface area contributed by atoms with E-state index in [-0.39, 0.29) is 17.2 Å². The van der Waals surface area contributed by atoms with Crippen molar-refractivity contribution in [1.29, 1.82) is 0 Å². The predicted molar refractivity (Wildman–Crippen MR) is 136 cm³/mol. The van der Waals surface area contributed by atoms with Crippen LogP contribution < -0.4 is 15.5 Å². The first-order chi connectivity index (χ1) is 16.8. The van der Waals surface area contributed by atoms with Crippen molar-refractivity contribution >= 4 is 69.0 Å². The maximum atomic E-state index is 13.8. The van der Waals surface area contributed by atoms with Crippen molar-refractivity contribution in [2.24, 2.45) is 0 Å². The first-order valence-corrected chi connectivity index (χ1v) is 11.6. The number of fused-ring (bicyclic) bond motifs is 2. The number of amides is 3. The second-order valence-electron chi connectivity index (χ2n) is 8.13. The summed E-state index contributed by atoms with van der Waals surface area (Å²) in [4.78, 5) is 41.2. The summed E-state index contributed by atoms with van der Waals surface area (Å²) >= 11 is 12.0. The van der Waals surface area contributed by atoms with Crippen LogP contribution in [0.1, 0.15) is 22.5 Å². The second kappa shape index (κ2) is 9.09. The summed E-state index contributed by atoms with van der Waals surface area (Å²) in [5, 5.41) is 6.94. The fraction of sp³-hybridized carbons (Fsp3) is 0.115. The van der Waals surface area contributed by atoms with Crippen LogP contribution in [-0.4, -0.2) is 23.8 Å². The maximum absolute atomic E-state index is 13.8. The molecule has 0 bridgehead atoms. The number of hydrogen-bond donors (Lipinski definition) is 2. The van der Waals surface area contributed by atoms with Crippen LogP contribution in [0, 0.1) is 6.92 Å². The van der Waals surface area contributed by atoms with Crippen molar-refractivity contribution in [2.75, 3.05) is 15.5 Å². The van der Waals surface area contributed by atoms with E-state index in [0.717, 1.165) is 5.39 Å². The summed E-state index contributed by atoms with van der Waals surface area (Å²) in [6.45, 7) is 1.79. The summed E-state index contributed by atoms with van der Waals surface area (Å²) in [7, 11) is 0. The summed E-state index contributed by atoms with van der Waals surface area (Å²) < 4.78 is 5.89. The first-order valence-electron chi connectivity index (χ1n) is 10.8. The van der Waals surface area contributed by atoms with E-state index in [1.54, 1.807) is 49.4 Å². The molecule has 3 amide bonds. The zero-order valence-electron chi connectivity index (χ0n) is 18.5. The van der Waals surface area contributed by atoms with Crippen molar-refractivity contribution in [3.63, 3.8) is 0 Å². The van der Waals surface area contributed by atoms with Crippen molar-refractivity contribution in [3.05, 3.63) is 88.1 Å². The summed E-state index contributed by atoms with van der Waals surface area (Å²) in [6.07, 6.45) is -0.286. The number of carbonyl (C=O) groups is 3. The lowest BCUT2D eigenvalue weighted by atomic mass is 10.0. The summed E-state index contributed by atoms with van der Waals surface area (Å²) in [5.74, 6) is -1.34. The van der Waals surface area contributed by atoms with Gasteiger partial charge in [-0.25, -0.2) is 0 Å². The van der Waals surface area contributed by atoms with Crippen LogP contribution in [0.3, 0.4) is 0 Å². The number of nitrogens with one attached hydrogen (secondary N) is 2. The van der Waals surface area contributed by atoms with Gasteiger partial charge in [0.05, 0.1) is 27.8 Å². The molecular weight excluding hydrogens is 489 g/mol. The number of carbonyl (C=O) groups excluding carboxylic acids is 3. The minimum Gasteiger partial charge on any atom is -0.451 e. The average molecular weight is 508 g/mol. The van der Waals surface area contributed by atoms with Crippen LogP contribution in [0.2, 0.25) is 10.0 Å². The molecule has 1 aliphatic rings. The molecule has 1 aromatic heterocycles. The Morgan fingerprint density at radius 3 is 2.54 bits per heavy atom. The van der Waals surface area contributed by atoms with Crippen LogP contribution in [-0.2, 0) is 9.59 Å². The smallest absolute Gasteiger partial charge is 0.295 e. The van der Waals surface area contributed by atoms with Crippen LogP contribution in [0.25, 0.3) is 11.0 Å². The van der Waals surface area contributed by atoms with Gasteiger partial charge >= 0.3 is 0 Å². The maximum Gasteiger partial charge on any atom is 0.295 e. The van der Waals surface area contributed by atoms with E-state index >= 15 is 0 Å². The molecule has 1 atom stereocenters. The molecule has 1 aliphatic heterocycles. The molecule has 2 N–H and O–H groups in total. The zero-order chi connectivity index (χ0) is 24.7. The Bertz CT molecular complexity index is 1500. The number of furan rings is 1. The molecule has 0 aliphatic carbocycles. The van der Waals surface area contributed by atoms with Crippen molar-refractivity contribution in [1.82, 2.24) is 0 Å². The van der Waals surface area contributed by atoms with Gasteiger partial charge in [-0.15, -0.1) is 0 Å². The molecule has 0 radical (unpaired) electrons. The van der Waals surface area contributed by atoms with Gasteiger partial charge in [0, 0.05) is 16.6 Å². The van der Waals surface area contributed by atoms with Gasteiger partial charge in [-0.2, -0.15) is 0 Å². The molecule has 2 heterocycles. The minimum absolute atomic E-state index is 0.116. The lowest BCUT2D eigenvalue weighted by molar-refractivity contribution is -0.122. The van der Waals surface area contributed by atoms with Crippen LogP contribution >= 0.6 is 23.2 Å². The highest BCUT2D eigenvalue weighted by molar-refractivity contribution is 6.42. The Balaban J connectivity index is 1.50. The van der Waals surface area contributed by atoms with E-state index in [1.807, 2.05) is 18.2 Å². The molecule has 7 nitrogen and oxygen atoms in total. The van der Waals surface area contributed by atoms with E-state index in [1.165, 1.54) is 11.0 Å². The highest BCUT2D eigenvalue weighted by atomic mass is 35.5. The van der Waals surface area contributed by atoms with Gasteiger partial charge in [0.15, 0.2) is 5.76 Å². The molecule has 9 heteroatoms. The Labute approximate surface area is 210 Å². The fourth-order valence-electron chi connectivity index (χ4n) is 4.17. The van der Waals surface area contributed by atoms with Crippen molar-refractivity contribution in [3.8, 4) is 0 Å². The third kappa shape index (κ3) is 4.24. The van der Waals surface area contributed by atoms with Gasteiger partial charge < -0.3 is 15.1 Å². The normalized spacial score (nSPS) is 15.0. The van der Waals surface area contributed by atoms with E-state index in [0.29, 0.717) is 33.2 Å². The van der Waals surface area contributed by atoms with Crippen molar-refractivity contribution < 1.29 is 18.8 Å². The highest BCUT2D eigenvalue weighted by Gasteiger charge is 2.40. The Hall–Kier alpha value is -3.81. The van der Waals surface area contributed by atoms with Crippen LogP contribution in [0.5, 0.6) is 0 Å². The number of halogens is 2. The summed E-state index contributed by atoms with van der Waals surface area (Å²) in [6, 6.07) is 17.8. The molecule has 0 saturated carbocycles. The molecule has 3 aromatic carbocycles. The number of benzene rings is 3. The minimum atomic E-state index is -1.10. The SMILES string of the molecule is Cc1c(C(=O)N2c3ccccc3NC(=O)C2CC(=O)Nc2ccc(Cl)c(Cl)c2)oc2ccccc12. The van der Waals surface area contributed by atoms with Crippen LogP contribution in [0.15, 0.2) is 71.1 Å². The molecule has 4 aromatic rings. The number of para-hydroxylation sites is 3. The predicted octanol–water partition coefficient (Wildman–Crippen LogP) is 6.04. The van der Waals surface area contributed by atoms with E-state index in [9.17, 15) is 14.4 Å². The number of aryl methyl sites for hydroxylation is 1. The fourth-order valence-corrected chi connectivity index (χ4v) is 4.47. The van der Waals surface area contributed by atoms with E-state index < -0.39 is 23.8 Å². The quantitative estimate of drug-likeness (QED) is 0.352. The summed E-state index contributed by atoms with van der Waals surface area (Å²) in [5.41, 5.74) is 2.60. The van der Waals surface area contributed by atoms with E-state index in [4.69, 9.17) is 27.6 Å². The molecule has 0 saturated heterocycles. The largest absolute Gasteiger partial charge is 0.451 e. The Morgan fingerprint density at radius 2 is 1.77 bits per heavy atom. The van der Waals surface area contributed by atoms with Gasteiger partial charge in [0.1, 0.15) is 11.6 Å². The first kappa shape index (κ1) is 23.0. The van der Waals surface area contributed by atoms with Gasteiger partial charge in [-0.1, -0.05) is 53.5 Å². The zero-order valence-corrected chi connectivity index (χ0v) is 20.0. The van der Waals surface area contributed by atoms with Crippen LogP contribution in [0.4, 0.5) is 17.1 Å².